The molecule has 0 radical (unpaired) electrons. The number of hydrogen-bond donors (Lipinski definition) is 1. The molecule has 0 saturated heterocycles. The average molecular weight is 285 g/mol. The molecule has 1 aromatic rings. The van der Waals surface area contributed by atoms with Crippen LogP contribution >= 0.6 is 11.6 Å². The van der Waals surface area contributed by atoms with Gasteiger partial charge in [0.25, 0.3) is 0 Å². The van der Waals surface area contributed by atoms with Gasteiger partial charge in [0.05, 0.1) is 23.0 Å². The van der Waals surface area contributed by atoms with Crippen LogP contribution in [0.4, 0.5) is 0 Å². The highest BCUT2D eigenvalue weighted by Gasteiger charge is 2.20. The number of nitrogens with zero attached hydrogens (tertiary/aromatic N) is 2. The van der Waals surface area contributed by atoms with Gasteiger partial charge in [-0.2, -0.15) is 5.10 Å². The zero-order chi connectivity index (χ0) is 13.7. The first-order valence-electron chi connectivity index (χ1n) is 7.61. The molecule has 0 spiro atoms. The van der Waals surface area contributed by atoms with Crippen molar-refractivity contribution in [3.8, 4) is 0 Å². The van der Waals surface area contributed by atoms with Crippen molar-refractivity contribution in [2.45, 2.75) is 70.9 Å². The van der Waals surface area contributed by atoms with Crippen LogP contribution in [-0.2, 0) is 6.54 Å². The van der Waals surface area contributed by atoms with E-state index in [1.165, 1.54) is 32.1 Å². The summed E-state index contributed by atoms with van der Waals surface area (Å²) in [6, 6.07) is 0. The number of aryl methyl sites for hydroxylation is 1. The van der Waals surface area contributed by atoms with Crippen LogP contribution in [0.25, 0.3) is 0 Å². The molecular weight excluding hydrogens is 260 g/mol. The summed E-state index contributed by atoms with van der Waals surface area (Å²) in [4.78, 5) is 0. The second-order valence-corrected chi connectivity index (χ2v) is 6.11. The summed E-state index contributed by atoms with van der Waals surface area (Å²) >= 11 is 6.15. The Hall–Kier alpha value is -0.540. The predicted molar refractivity (Wildman–Crippen MR) is 78.3 cm³/mol. The number of aliphatic hydroxyl groups is 1. The van der Waals surface area contributed by atoms with Gasteiger partial charge in [-0.3, -0.25) is 4.68 Å². The van der Waals surface area contributed by atoms with Crippen molar-refractivity contribution in [3.05, 3.63) is 16.9 Å². The lowest BCUT2D eigenvalue weighted by Crippen LogP contribution is -2.12. The molecule has 1 aromatic heterocycles. The lowest BCUT2D eigenvalue weighted by molar-refractivity contribution is 0.141. The minimum absolute atomic E-state index is 0.469. The molecule has 0 aliphatic heterocycles. The van der Waals surface area contributed by atoms with Gasteiger partial charge in [-0.05, 0) is 25.2 Å². The van der Waals surface area contributed by atoms with Gasteiger partial charge < -0.3 is 5.11 Å². The lowest BCUT2D eigenvalue weighted by atomic mass is 9.85. The van der Waals surface area contributed by atoms with Gasteiger partial charge >= 0.3 is 0 Å². The molecule has 3 nitrogen and oxygen atoms in total. The maximum absolute atomic E-state index is 10.4. The van der Waals surface area contributed by atoms with E-state index in [2.05, 4.69) is 12.0 Å². The van der Waals surface area contributed by atoms with Crippen molar-refractivity contribution in [2.24, 2.45) is 5.92 Å². The molecular formula is C15H25ClN2O. The molecule has 19 heavy (non-hydrogen) atoms. The van der Waals surface area contributed by atoms with E-state index in [9.17, 15) is 5.11 Å². The number of hydrogen-bond acceptors (Lipinski definition) is 2. The van der Waals surface area contributed by atoms with E-state index in [-0.39, 0.29) is 0 Å². The van der Waals surface area contributed by atoms with E-state index in [0.29, 0.717) is 5.02 Å². The fourth-order valence-electron chi connectivity index (χ4n) is 3.10. The van der Waals surface area contributed by atoms with Crippen molar-refractivity contribution >= 4 is 11.6 Å². The van der Waals surface area contributed by atoms with E-state index in [1.54, 1.807) is 6.20 Å². The molecule has 108 valence electrons. The van der Waals surface area contributed by atoms with Crippen LogP contribution < -0.4 is 0 Å². The summed E-state index contributed by atoms with van der Waals surface area (Å²) in [5, 5.41) is 15.2. The monoisotopic (exact) mass is 284 g/mol. The molecule has 1 atom stereocenters. The predicted octanol–water partition coefficient (Wildman–Crippen LogP) is 4.34. The van der Waals surface area contributed by atoms with Gasteiger partial charge in [-0.1, -0.05) is 50.6 Å². The topological polar surface area (TPSA) is 38.0 Å². The lowest BCUT2D eigenvalue weighted by Gasteiger charge is -2.23. The third-order valence-corrected chi connectivity index (χ3v) is 4.45. The van der Waals surface area contributed by atoms with Crippen molar-refractivity contribution in [1.82, 2.24) is 9.78 Å². The van der Waals surface area contributed by atoms with Gasteiger partial charge in [0.1, 0.15) is 0 Å². The maximum Gasteiger partial charge on any atom is 0.0971 e. The fraction of sp³-hybridized carbons (Fsp3) is 0.800. The highest BCUT2D eigenvalue weighted by Crippen LogP contribution is 2.32. The Balaban J connectivity index is 1.91. The van der Waals surface area contributed by atoms with Crippen LogP contribution in [0.15, 0.2) is 6.20 Å². The second-order valence-electron chi connectivity index (χ2n) is 5.70. The Kier molecular flexibility index (Phi) is 5.71. The Labute approximate surface area is 121 Å². The van der Waals surface area contributed by atoms with E-state index in [4.69, 9.17) is 11.6 Å². The first-order valence-corrected chi connectivity index (χ1v) is 7.99. The molecule has 1 heterocycles. The van der Waals surface area contributed by atoms with E-state index in [1.807, 2.05) is 4.68 Å². The van der Waals surface area contributed by atoms with Crippen LogP contribution in [-0.4, -0.2) is 14.9 Å². The largest absolute Gasteiger partial charge is 0.387 e. The zero-order valence-electron chi connectivity index (χ0n) is 11.8. The normalized spacial score (nSPS) is 18.7. The van der Waals surface area contributed by atoms with Gasteiger partial charge in [0.15, 0.2) is 0 Å². The maximum atomic E-state index is 10.4. The number of rotatable bonds is 6. The van der Waals surface area contributed by atoms with Crippen molar-refractivity contribution in [2.75, 3.05) is 0 Å². The Morgan fingerprint density at radius 2 is 2.16 bits per heavy atom. The highest BCUT2D eigenvalue weighted by molar-refractivity contribution is 6.31. The van der Waals surface area contributed by atoms with Crippen LogP contribution in [0.1, 0.15) is 70.1 Å². The molecule has 4 heteroatoms. The van der Waals surface area contributed by atoms with Gasteiger partial charge in [0.2, 0.25) is 0 Å². The molecule has 0 aromatic carbocycles. The smallest absolute Gasteiger partial charge is 0.0971 e. The summed E-state index contributed by atoms with van der Waals surface area (Å²) in [5.74, 6) is 0.796. The van der Waals surface area contributed by atoms with Gasteiger partial charge in [-0.15, -0.1) is 0 Å². The highest BCUT2D eigenvalue weighted by atomic mass is 35.5. The average Bonchev–Trinajstić information content (AvgIpc) is 2.79. The van der Waals surface area contributed by atoms with Gasteiger partial charge in [0, 0.05) is 6.54 Å². The minimum atomic E-state index is -0.469. The summed E-state index contributed by atoms with van der Waals surface area (Å²) in [6.45, 7) is 2.93. The summed E-state index contributed by atoms with van der Waals surface area (Å²) in [6.07, 6.45) is 10.8. The molecule has 1 aliphatic rings. The van der Waals surface area contributed by atoms with Crippen molar-refractivity contribution in [3.63, 3.8) is 0 Å². The van der Waals surface area contributed by atoms with Crippen LogP contribution in [0, 0.1) is 5.92 Å². The molecule has 1 aliphatic carbocycles. The number of aliphatic hydroxyl groups excluding tert-OH is 1. The van der Waals surface area contributed by atoms with Crippen molar-refractivity contribution in [1.29, 1.82) is 0 Å². The SMILES string of the molecule is CCCn1ncc(Cl)c1C(O)CCC1CCCCC1. The Morgan fingerprint density at radius 1 is 1.42 bits per heavy atom. The summed E-state index contributed by atoms with van der Waals surface area (Å²) in [5.41, 5.74) is 0.805. The minimum Gasteiger partial charge on any atom is -0.387 e. The molecule has 0 bridgehead atoms. The van der Waals surface area contributed by atoms with Crippen LogP contribution in [0.2, 0.25) is 5.02 Å². The van der Waals surface area contributed by atoms with Crippen molar-refractivity contribution < 1.29 is 5.11 Å². The Bertz CT molecular complexity index is 385. The molecule has 1 fully saturated rings. The van der Waals surface area contributed by atoms with Crippen LogP contribution in [0.5, 0.6) is 0 Å². The van der Waals surface area contributed by atoms with E-state index >= 15 is 0 Å². The Morgan fingerprint density at radius 3 is 2.84 bits per heavy atom. The third-order valence-electron chi connectivity index (χ3n) is 4.16. The van der Waals surface area contributed by atoms with E-state index < -0.39 is 6.10 Å². The first-order chi connectivity index (χ1) is 9.22. The summed E-state index contributed by atoms with van der Waals surface area (Å²) in [7, 11) is 0. The quantitative estimate of drug-likeness (QED) is 0.844. The third kappa shape index (κ3) is 3.96. The van der Waals surface area contributed by atoms with Gasteiger partial charge in [-0.25, -0.2) is 0 Å². The molecule has 1 N–H and O–H groups in total. The van der Waals surface area contributed by atoms with Crippen LogP contribution in [0.3, 0.4) is 0 Å². The molecule has 0 amide bonds. The molecule has 2 rings (SSSR count). The second kappa shape index (κ2) is 7.30. The fourth-order valence-corrected chi connectivity index (χ4v) is 3.37. The van der Waals surface area contributed by atoms with E-state index in [0.717, 1.165) is 37.4 Å². The molecule has 1 saturated carbocycles. The summed E-state index contributed by atoms with van der Waals surface area (Å²) < 4.78 is 1.86. The zero-order valence-corrected chi connectivity index (χ0v) is 12.6. The number of halogens is 1. The first kappa shape index (κ1) is 14.9. The molecule has 1 unspecified atom stereocenters. The number of aromatic nitrogens is 2. The standard InChI is InChI=1S/C15H25ClN2O/c1-2-10-18-15(13(16)11-17-18)14(19)9-8-12-6-4-3-5-7-12/h11-12,14,19H,2-10H2,1H3.